The summed E-state index contributed by atoms with van der Waals surface area (Å²) in [6.07, 6.45) is 0.970. The molecule has 0 fully saturated rings. The van der Waals surface area contributed by atoms with Crippen LogP contribution in [0.3, 0.4) is 0 Å². The Morgan fingerprint density at radius 2 is 2.00 bits per heavy atom. The van der Waals surface area contributed by atoms with E-state index in [1.54, 1.807) is 0 Å². The number of nitrogens with one attached hydrogen (secondary N) is 2. The zero-order chi connectivity index (χ0) is 14.1. The summed E-state index contributed by atoms with van der Waals surface area (Å²) >= 11 is 0. The zero-order valence-electron chi connectivity index (χ0n) is 12.0. The third kappa shape index (κ3) is 2.03. The summed E-state index contributed by atoms with van der Waals surface area (Å²) in [5.41, 5.74) is 4.49. The van der Waals surface area contributed by atoms with Crippen LogP contribution in [0.25, 0.3) is 22.3 Å². The molecular weight excluding hydrogens is 248 g/mol. The number of hydrogen-bond donors (Lipinski definition) is 2. The second kappa shape index (κ2) is 4.96. The van der Waals surface area contributed by atoms with Crippen LogP contribution < -0.4 is 5.32 Å². The maximum atomic E-state index is 4.57. The molecule has 3 aromatic rings. The van der Waals surface area contributed by atoms with Gasteiger partial charge in [-0.3, -0.25) is 0 Å². The number of aryl methyl sites for hydroxylation is 2. The number of H-pyrrole nitrogens is 1. The van der Waals surface area contributed by atoms with Crippen LogP contribution in [0, 0.1) is 6.92 Å². The largest absolute Gasteiger partial charge is 0.373 e. The van der Waals surface area contributed by atoms with Crippen LogP contribution in [0.2, 0.25) is 0 Å². The molecule has 4 nitrogen and oxygen atoms in total. The minimum Gasteiger partial charge on any atom is -0.373 e. The normalized spacial score (nSPS) is 10.9. The van der Waals surface area contributed by atoms with Crippen LogP contribution in [0.5, 0.6) is 0 Å². The van der Waals surface area contributed by atoms with E-state index in [4.69, 9.17) is 0 Å². The monoisotopic (exact) mass is 266 g/mol. The molecule has 0 saturated heterocycles. The van der Waals surface area contributed by atoms with Crippen molar-refractivity contribution >= 4 is 16.7 Å². The van der Waals surface area contributed by atoms with Crippen LogP contribution in [-0.2, 0) is 6.42 Å². The van der Waals surface area contributed by atoms with E-state index in [1.165, 1.54) is 10.9 Å². The molecule has 0 radical (unpaired) electrons. The summed E-state index contributed by atoms with van der Waals surface area (Å²) in [4.78, 5) is 12.4. The average molecular weight is 266 g/mol. The summed E-state index contributed by atoms with van der Waals surface area (Å²) in [6, 6.07) is 10.4. The maximum absolute atomic E-state index is 4.57. The van der Waals surface area contributed by atoms with Crippen molar-refractivity contribution in [2.75, 3.05) is 12.4 Å². The Morgan fingerprint density at radius 3 is 2.75 bits per heavy atom. The molecule has 0 atom stereocenters. The van der Waals surface area contributed by atoms with Crippen molar-refractivity contribution in [2.45, 2.75) is 20.3 Å². The number of para-hydroxylation sites is 1. The van der Waals surface area contributed by atoms with Crippen molar-refractivity contribution in [3.63, 3.8) is 0 Å². The van der Waals surface area contributed by atoms with E-state index in [-0.39, 0.29) is 0 Å². The quantitative estimate of drug-likeness (QED) is 0.762. The van der Waals surface area contributed by atoms with Gasteiger partial charge >= 0.3 is 0 Å². The molecule has 0 unspecified atom stereocenters. The van der Waals surface area contributed by atoms with E-state index in [2.05, 4.69) is 45.4 Å². The van der Waals surface area contributed by atoms with Crippen LogP contribution >= 0.6 is 0 Å². The van der Waals surface area contributed by atoms with Crippen molar-refractivity contribution in [1.29, 1.82) is 0 Å². The lowest BCUT2D eigenvalue weighted by atomic mass is 10.1. The Kier molecular flexibility index (Phi) is 3.14. The van der Waals surface area contributed by atoms with E-state index in [0.717, 1.165) is 35.0 Å². The van der Waals surface area contributed by atoms with Gasteiger partial charge in [-0.15, -0.1) is 0 Å². The van der Waals surface area contributed by atoms with Gasteiger partial charge in [-0.05, 0) is 25.0 Å². The molecule has 0 bridgehead atoms. The highest BCUT2D eigenvalue weighted by Crippen LogP contribution is 2.30. The molecule has 2 heterocycles. The molecule has 2 N–H and O–H groups in total. The van der Waals surface area contributed by atoms with Gasteiger partial charge in [0.2, 0.25) is 0 Å². The van der Waals surface area contributed by atoms with Crippen molar-refractivity contribution in [2.24, 2.45) is 0 Å². The first-order valence-electron chi connectivity index (χ1n) is 6.86. The Hall–Kier alpha value is -2.36. The fourth-order valence-electron chi connectivity index (χ4n) is 2.61. The molecule has 102 valence electrons. The molecule has 0 aliphatic rings. The van der Waals surface area contributed by atoms with Gasteiger partial charge in [0.05, 0.1) is 11.4 Å². The van der Waals surface area contributed by atoms with Crippen molar-refractivity contribution in [3.05, 3.63) is 41.7 Å². The van der Waals surface area contributed by atoms with E-state index >= 15 is 0 Å². The van der Waals surface area contributed by atoms with Crippen LogP contribution in [-0.4, -0.2) is 22.0 Å². The SMILES string of the molecule is CCc1c(-c2cc(NC)nc(C)n2)[nH]c2ccccc12. The lowest BCUT2D eigenvalue weighted by Gasteiger charge is -2.06. The standard InChI is InChI=1S/C16H18N4/c1-4-11-12-7-5-6-8-13(12)20-16(11)14-9-15(17-3)19-10(2)18-14/h5-9,20H,4H2,1-3H3,(H,17,18,19). The van der Waals surface area contributed by atoms with Crippen LogP contribution in [0.15, 0.2) is 30.3 Å². The number of anilines is 1. The topological polar surface area (TPSA) is 53.6 Å². The zero-order valence-corrected chi connectivity index (χ0v) is 12.0. The second-order valence-corrected chi connectivity index (χ2v) is 4.81. The fraction of sp³-hybridized carbons (Fsp3) is 0.250. The minimum atomic E-state index is 0.771. The van der Waals surface area contributed by atoms with E-state index < -0.39 is 0 Å². The third-order valence-electron chi connectivity index (χ3n) is 3.52. The highest BCUT2D eigenvalue weighted by Gasteiger charge is 2.13. The summed E-state index contributed by atoms with van der Waals surface area (Å²) < 4.78 is 0. The van der Waals surface area contributed by atoms with Gasteiger partial charge in [-0.2, -0.15) is 0 Å². The van der Waals surface area contributed by atoms with Crippen molar-refractivity contribution in [3.8, 4) is 11.4 Å². The summed E-state index contributed by atoms with van der Waals surface area (Å²) in [7, 11) is 1.87. The fourth-order valence-corrected chi connectivity index (χ4v) is 2.61. The summed E-state index contributed by atoms with van der Waals surface area (Å²) in [5.74, 6) is 1.61. The van der Waals surface area contributed by atoms with Crippen LogP contribution in [0.1, 0.15) is 18.3 Å². The highest BCUT2D eigenvalue weighted by atomic mass is 15.0. The predicted molar refractivity (Wildman–Crippen MR) is 83.0 cm³/mol. The van der Waals surface area contributed by atoms with Gasteiger partial charge < -0.3 is 10.3 Å². The first-order valence-corrected chi connectivity index (χ1v) is 6.86. The van der Waals surface area contributed by atoms with E-state index in [0.29, 0.717) is 0 Å². The van der Waals surface area contributed by atoms with Gasteiger partial charge in [0, 0.05) is 24.0 Å². The smallest absolute Gasteiger partial charge is 0.130 e. The lowest BCUT2D eigenvalue weighted by molar-refractivity contribution is 1.05. The van der Waals surface area contributed by atoms with Crippen molar-refractivity contribution in [1.82, 2.24) is 15.0 Å². The molecule has 0 saturated carbocycles. The number of aromatic nitrogens is 3. The molecule has 0 spiro atoms. The van der Waals surface area contributed by atoms with Gasteiger partial charge in [0.1, 0.15) is 11.6 Å². The first-order chi connectivity index (χ1) is 9.72. The molecular formula is C16H18N4. The van der Waals surface area contributed by atoms with E-state index in [9.17, 15) is 0 Å². The Bertz CT molecular complexity index is 758. The minimum absolute atomic E-state index is 0.771. The Morgan fingerprint density at radius 1 is 1.20 bits per heavy atom. The predicted octanol–water partition coefficient (Wildman–Crippen LogP) is 3.54. The Labute approximate surface area is 118 Å². The first kappa shape index (κ1) is 12.7. The molecule has 1 aromatic carbocycles. The molecule has 0 amide bonds. The van der Waals surface area contributed by atoms with Gasteiger partial charge in [0.15, 0.2) is 0 Å². The number of rotatable bonds is 3. The number of benzene rings is 1. The number of hydrogen-bond acceptors (Lipinski definition) is 3. The number of fused-ring (bicyclic) bond motifs is 1. The summed E-state index contributed by atoms with van der Waals surface area (Å²) in [5, 5.41) is 4.35. The number of nitrogens with zero attached hydrogens (tertiary/aromatic N) is 2. The molecule has 0 aliphatic carbocycles. The average Bonchev–Trinajstić information content (AvgIpc) is 2.85. The third-order valence-corrected chi connectivity index (χ3v) is 3.52. The summed E-state index contributed by atoms with van der Waals surface area (Å²) in [6.45, 7) is 4.09. The van der Waals surface area contributed by atoms with Gasteiger partial charge in [0.25, 0.3) is 0 Å². The molecule has 0 aliphatic heterocycles. The number of aromatic amines is 1. The van der Waals surface area contributed by atoms with E-state index in [1.807, 2.05) is 26.1 Å². The molecule has 3 rings (SSSR count). The molecule has 4 heteroatoms. The van der Waals surface area contributed by atoms with Gasteiger partial charge in [-0.1, -0.05) is 25.1 Å². The van der Waals surface area contributed by atoms with Crippen molar-refractivity contribution < 1.29 is 0 Å². The molecule has 20 heavy (non-hydrogen) atoms. The van der Waals surface area contributed by atoms with Gasteiger partial charge in [-0.25, -0.2) is 9.97 Å². The van der Waals surface area contributed by atoms with Crippen LogP contribution in [0.4, 0.5) is 5.82 Å². The second-order valence-electron chi connectivity index (χ2n) is 4.81. The Balaban J connectivity index is 2.26. The lowest BCUT2D eigenvalue weighted by Crippen LogP contribution is -1.99. The highest BCUT2D eigenvalue weighted by molar-refractivity contribution is 5.90. The molecule has 2 aromatic heterocycles. The maximum Gasteiger partial charge on any atom is 0.130 e.